The summed E-state index contributed by atoms with van der Waals surface area (Å²) in [6.45, 7) is 2.16. The molecule has 2 unspecified atom stereocenters. The molecule has 1 saturated carbocycles. The number of amides is 1. The molecule has 1 saturated heterocycles. The van der Waals surface area contributed by atoms with Crippen LogP contribution in [0.25, 0.3) is 0 Å². The van der Waals surface area contributed by atoms with Crippen LogP contribution in [-0.4, -0.2) is 45.1 Å². The summed E-state index contributed by atoms with van der Waals surface area (Å²) in [7, 11) is -3.15. The van der Waals surface area contributed by atoms with Gasteiger partial charge in [-0.3, -0.25) is 4.79 Å². The molecule has 1 aliphatic carbocycles. The van der Waals surface area contributed by atoms with Gasteiger partial charge in [0, 0.05) is 24.5 Å². The van der Waals surface area contributed by atoms with E-state index in [1.807, 2.05) is 17.0 Å². The summed E-state index contributed by atoms with van der Waals surface area (Å²) in [5.41, 5.74) is 0. The number of fused-ring (bicyclic) bond motifs is 1. The quantitative estimate of drug-likeness (QED) is 0.866. The number of hydrogen-bond donors (Lipinski definition) is 1. The number of carbonyl (C=O) groups is 1. The van der Waals surface area contributed by atoms with E-state index in [1.165, 1.54) is 37.0 Å². The van der Waals surface area contributed by atoms with Crippen molar-refractivity contribution in [1.82, 2.24) is 9.62 Å². The van der Waals surface area contributed by atoms with E-state index in [2.05, 4.69) is 4.72 Å². The standard InChI is InChI=1S/C17H26N2O3S2/c1-24(21,22)18-10-8-15-6-7-16(23-15)17(20)19-11-9-13-4-2-3-5-14(13)12-19/h6-7,13-14,18H,2-5,8-12H2,1H3. The van der Waals surface area contributed by atoms with Crippen molar-refractivity contribution in [1.29, 1.82) is 0 Å². The van der Waals surface area contributed by atoms with Gasteiger partial charge in [0.05, 0.1) is 11.1 Å². The lowest BCUT2D eigenvalue weighted by Crippen LogP contribution is -2.44. The summed E-state index contributed by atoms with van der Waals surface area (Å²) in [6, 6.07) is 3.82. The molecule has 0 bridgehead atoms. The molecule has 0 spiro atoms. The highest BCUT2D eigenvalue weighted by atomic mass is 32.2. The summed E-state index contributed by atoms with van der Waals surface area (Å²) in [5, 5.41) is 0. The molecule has 1 N–H and O–H groups in total. The van der Waals surface area contributed by atoms with Crippen LogP contribution in [0.15, 0.2) is 12.1 Å². The first-order valence-electron chi connectivity index (χ1n) is 8.75. The van der Waals surface area contributed by atoms with E-state index >= 15 is 0 Å². The van der Waals surface area contributed by atoms with E-state index in [4.69, 9.17) is 0 Å². The molecule has 1 amide bonds. The van der Waals surface area contributed by atoms with Crippen LogP contribution in [0.1, 0.15) is 46.7 Å². The van der Waals surface area contributed by atoms with Crippen molar-refractivity contribution in [2.24, 2.45) is 11.8 Å². The minimum Gasteiger partial charge on any atom is -0.338 e. The normalized spacial score (nSPS) is 24.6. The van der Waals surface area contributed by atoms with Crippen molar-refractivity contribution in [3.63, 3.8) is 0 Å². The second-order valence-corrected chi connectivity index (χ2v) is 10.0. The number of rotatable bonds is 5. The highest BCUT2D eigenvalue weighted by molar-refractivity contribution is 7.88. The van der Waals surface area contributed by atoms with Crippen molar-refractivity contribution in [3.05, 3.63) is 21.9 Å². The topological polar surface area (TPSA) is 66.5 Å². The van der Waals surface area contributed by atoms with Crippen molar-refractivity contribution < 1.29 is 13.2 Å². The molecule has 134 valence electrons. The van der Waals surface area contributed by atoms with Crippen LogP contribution in [0.2, 0.25) is 0 Å². The summed E-state index contributed by atoms with van der Waals surface area (Å²) in [5.74, 6) is 1.66. The van der Waals surface area contributed by atoms with E-state index < -0.39 is 10.0 Å². The fraction of sp³-hybridized carbons (Fsp3) is 0.706. The molecule has 1 aromatic heterocycles. The molecule has 24 heavy (non-hydrogen) atoms. The van der Waals surface area contributed by atoms with Gasteiger partial charge in [-0.2, -0.15) is 0 Å². The first-order chi connectivity index (χ1) is 11.4. The number of likely N-dealkylation sites (tertiary alicyclic amines) is 1. The second-order valence-electron chi connectivity index (χ2n) is 7.03. The Hall–Kier alpha value is -0.920. The molecular formula is C17H26N2O3S2. The van der Waals surface area contributed by atoms with E-state index in [1.54, 1.807) is 0 Å². The number of thiophene rings is 1. The van der Waals surface area contributed by atoms with Gasteiger partial charge in [0.25, 0.3) is 5.91 Å². The van der Waals surface area contributed by atoms with Gasteiger partial charge in [0.1, 0.15) is 0 Å². The summed E-state index contributed by atoms with van der Waals surface area (Å²) < 4.78 is 24.7. The molecule has 5 nitrogen and oxygen atoms in total. The second kappa shape index (κ2) is 7.54. The van der Waals surface area contributed by atoms with Gasteiger partial charge in [0.15, 0.2) is 0 Å². The SMILES string of the molecule is CS(=O)(=O)NCCc1ccc(C(=O)N2CCC3CCCCC3C2)s1. The maximum absolute atomic E-state index is 12.7. The fourth-order valence-electron chi connectivity index (χ4n) is 3.93. The van der Waals surface area contributed by atoms with E-state index in [0.717, 1.165) is 41.4 Å². The third-order valence-electron chi connectivity index (χ3n) is 5.19. The largest absolute Gasteiger partial charge is 0.338 e. The smallest absolute Gasteiger partial charge is 0.263 e. The molecule has 2 heterocycles. The zero-order chi connectivity index (χ0) is 17.2. The zero-order valence-corrected chi connectivity index (χ0v) is 15.8. The third-order valence-corrected chi connectivity index (χ3v) is 7.05. The minimum atomic E-state index is -3.15. The maximum Gasteiger partial charge on any atom is 0.263 e. The molecule has 2 fully saturated rings. The number of piperidine rings is 1. The van der Waals surface area contributed by atoms with Crippen LogP contribution < -0.4 is 4.72 Å². The first kappa shape index (κ1) is 17.9. The van der Waals surface area contributed by atoms with Crippen molar-refractivity contribution in [3.8, 4) is 0 Å². The molecule has 3 rings (SSSR count). The Balaban J connectivity index is 1.55. The van der Waals surface area contributed by atoms with Crippen LogP contribution in [0.4, 0.5) is 0 Å². The van der Waals surface area contributed by atoms with E-state index in [0.29, 0.717) is 18.9 Å². The predicted octanol–water partition coefficient (Wildman–Crippen LogP) is 2.49. The monoisotopic (exact) mass is 370 g/mol. The third kappa shape index (κ3) is 4.58. The Morgan fingerprint density at radius 2 is 2.00 bits per heavy atom. The van der Waals surface area contributed by atoms with Crippen LogP contribution >= 0.6 is 11.3 Å². The Kier molecular flexibility index (Phi) is 5.62. The zero-order valence-electron chi connectivity index (χ0n) is 14.2. The minimum absolute atomic E-state index is 0.145. The Labute approximate surface area is 148 Å². The lowest BCUT2D eigenvalue weighted by molar-refractivity contribution is 0.0525. The van der Waals surface area contributed by atoms with Gasteiger partial charge in [0.2, 0.25) is 10.0 Å². The summed E-state index contributed by atoms with van der Waals surface area (Å²) in [6.07, 6.45) is 8.18. The molecule has 2 atom stereocenters. The summed E-state index contributed by atoms with van der Waals surface area (Å²) in [4.78, 5) is 16.6. The molecule has 7 heteroatoms. The number of nitrogens with zero attached hydrogens (tertiary/aromatic N) is 1. The van der Waals surface area contributed by atoms with Crippen LogP contribution in [-0.2, 0) is 16.4 Å². The molecule has 1 aliphatic heterocycles. The Morgan fingerprint density at radius 3 is 2.75 bits per heavy atom. The van der Waals surface area contributed by atoms with Crippen LogP contribution in [0, 0.1) is 11.8 Å². The van der Waals surface area contributed by atoms with Gasteiger partial charge in [-0.15, -0.1) is 11.3 Å². The van der Waals surface area contributed by atoms with Crippen LogP contribution in [0.5, 0.6) is 0 Å². The van der Waals surface area contributed by atoms with Crippen molar-refractivity contribution in [2.75, 3.05) is 25.9 Å². The van der Waals surface area contributed by atoms with Gasteiger partial charge in [-0.05, 0) is 43.2 Å². The highest BCUT2D eigenvalue weighted by Crippen LogP contribution is 2.36. The van der Waals surface area contributed by atoms with Gasteiger partial charge in [-0.1, -0.05) is 19.3 Å². The fourth-order valence-corrected chi connectivity index (χ4v) is 5.38. The average Bonchev–Trinajstić information content (AvgIpc) is 3.01. The Bertz CT molecular complexity index is 684. The molecule has 0 aromatic carbocycles. The predicted molar refractivity (Wildman–Crippen MR) is 96.8 cm³/mol. The number of hydrogen-bond acceptors (Lipinski definition) is 4. The molecule has 1 aromatic rings. The lowest BCUT2D eigenvalue weighted by atomic mass is 9.75. The molecule has 0 radical (unpaired) electrons. The maximum atomic E-state index is 12.7. The number of nitrogens with one attached hydrogen (secondary N) is 1. The van der Waals surface area contributed by atoms with Gasteiger partial charge < -0.3 is 4.90 Å². The van der Waals surface area contributed by atoms with Crippen molar-refractivity contribution >= 4 is 27.3 Å². The van der Waals surface area contributed by atoms with Crippen molar-refractivity contribution in [2.45, 2.75) is 38.5 Å². The number of sulfonamides is 1. The van der Waals surface area contributed by atoms with Gasteiger partial charge in [-0.25, -0.2) is 13.1 Å². The Morgan fingerprint density at radius 1 is 1.25 bits per heavy atom. The lowest BCUT2D eigenvalue weighted by Gasteiger charge is -2.41. The highest BCUT2D eigenvalue weighted by Gasteiger charge is 2.33. The first-order valence-corrected chi connectivity index (χ1v) is 11.5. The van der Waals surface area contributed by atoms with Crippen LogP contribution in [0.3, 0.4) is 0 Å². The van der Waals surface area contributed by atoms with E-state index in [9.17, 15) is 13.2 Å². The number of carbonyl (C=O) groups excluding carboxylic acids is 1. The van der Waals surface area contributed by atoms with Gasteiger partial charge >= 0.3 is 0 Å². The summed E-state index contributed by atoms with van der Waals surface area (Å²) >= 11 is 1.49. The average molecular weight is 371 g/mol. The van der Waals surface area contributed by atoms with E-state index in [-0.39, 0.29) is 5.91 Å². The molecular weight excluding hydrogens is 344 g/mol. The molecule has 2 aliphatic rings.